The Morgan fingerprint density at radius 3 is 2.83 bits per heavy atom. The lowest BCUT2D eigenvalue weighted by molar-refractivity contribution is -0.149. The van der Waals surface area contributed by atoms with Crippen molar-refractivity contribution in [2.75, 3.05) is 20.3 Å². The molecule has 0 aromatic heterocycles. The first kappa shape index (κ1) is 11.7. The molecule has 5 heteroatoms. The van der Waals surface area contributed by atoms with Gasteiger partial charge in [0.05, 0.1) is 19.8 Å². The lowest BCUT2D eigenvalue weighted by Crippen LogP contribution is -2.52. The summed E-state index contributed by atoms with van der Waals surface area (Å²) >= 11 is 0. The van der Waals surface area contributed by atoms with Crippen molar-refractivity contribution in [3.63, 3.8) is 0 Å². The van der Waals surface area contributed by atoms with Gasteiger partial charge in [-0.15, -0.1) is 12.4 Å². The zero-order valence-electron chi connectivity index (χ0n) is 7.20. The number of ether oxygens (including phenoxy) is 2. The third-order valence-electron chi connectivity index (χ3n) is 1.77. The van der Waals surface area contributed by atoms with Crippen LogP contribution in [0.25, 0.3) is 0 Å². The van der Waals surface area contributed by atoms with Crippen molar-refractivity contribution in [1.82, 2.24) is 5.32 Å². The van der Waals surface area contributed by atoms with Crippen LogP contribution >= 0.6 is 12.4 Å². The van der Waals surface area contributed by atoms with Crippen molar-refractivity contribution < 1.29 is 14.3 Å². The van der Waals surface area contributed by atoms with Gasteiger partial charge in [-0.1, -0.05) is 0 Å². The first-order valence-corrected chi connectivity index (χ1v) is 3.68. The molecule has 1 aliphatic heterocycles. The molecule has 0 aliphatic carbocycles. The minimum atomic E-state index is -0.297. The van der Waals surface area contributed by atoms with Crippen LogP contribution < -0.4 is 5.32 Å². The molecule has 12 heavy (non-hydrogen) atoms. The highest BCUT2D eigenvalue weighted by Crippen LogP contribution is 2.04. The van der Waals surface area contributed by atoms with Crippen LogP contribution in [0, 0.1) is 0 Å². The van der Waals surface area contributed by atoms with E-state index >= 15 is 0 Å². The summed E-state index contributed by atoms with van der Waals surface area (Å²) in [5.41, 5.74) is 0. The van der Waals surface area contributed by atoms with Gasteiger partial charge in [-0.2, -0.15) is 0 Å². The molecule has 0 aromatic rings. The maximum Gasteiger partial charge on any atom is 0.325 e. The maximum absolute atomic E-state index is 11.0. The van der Waals surface area contributed by atoms with Gasteiger partial charge < -0.3 is 9.47 Å². The van der Waals surface area contributed by atoms with Crippen molar-refractivity contribution in [1.29, 1.82) is 0 Å². The second kappa shape index (κ2) is 5.35. The van der Waals surface area contributed by atoms with Crippen LogP contribution in [0.4, 0.5) is 0 Å². The van der Waals surface area contributed by atoms with Crippen molar-refractivity contribution in [2.45, 2.75) is 19.1 Å². The lowest BCUT2D eigenvalue weighted by atomic mass is 10.1. The number of hydrogen-bond acceptors (Lipinski definition) is 4. The SMILES string of the molecule is COC(=O)[C@H]1NCCO[C@@H]1C.Cl. The highest BCUT2D eigenvalue weighted by atomic mass is 35.5. The Kier molecular flexibility index (Phi) is 5.20. The molecule has 0 bridgehead atoms. The average molecular weight is 196 g/mol. The van der Waals surface area contributed by atoms with E-state index in [2.05, 4.69) is 10.1 Å². The second-order valence-corrected chi connectivity index (χ2v) is 2.53. The van der Waals surface area contributed by atoms with E-state index in [1.807, 2.05) is 6.92 Å². The number of carbonyl (C=O) groups is 1. The molecule has 1 saturated heterocycles. The van der Waals surface area contributed by atoms with Gasteiger partial charge >= 0.3 is 5.97 Å². The van der Waals surface area contributed by atoms with E-state index in [1.54, 1.807) is 0 Å². The van der Waals surface area contributed by atoms with Gasteiger partial charge in [-0.3, -0.25) is 10.1 Å². The zero-order valence-corrected chi connectivity index (χ0v) is 8.02. The van der Waals surface area contributed by atoms with E-state index in [4.69, 9.17) is 4.74 Å². The van der Waals surface area contributed by atoms with E-state index in [1.165, 1.54) is 7.11 Å². The highest BCUT2D eigenvalue weighted by molar-refractivity contribution is 5.85. The third kappa shape index (κ3) is 2.62. The van der Waals surface area contributed by atoms with Gasteiger partial charge in [0.15, 0.2) is 0 Å². The largest absolute Gasteiger partial charge is 0.468 e. The minimum Gasteiger partial charge on any atom is -0.468 e. The summed E-state index contributed by atoms with van der Waals surface area (Å²) in [4.78, 5) is 11.0. The Morgan fingerprint density at radius 2 is 2.33 bits per heavy atom. The number of halogens is 1. The highest BCUT2D eigenvalue weighted by Gasteiger charge is 2.28. The maximum atomic E-state index is 11.0. The summed E-state index contributed by atoms with van der Waals surface area (Å²) in [5.74, 6) is -0.253. The summed E-state index contributed by atoms with van der Waals surface area (Å²) in [7, 11) is 1.38. The number of carbonyl (C=O) groups excluding carboxylic acids is 1. The van der Waals surface area contributed by atoms with Crippen LogP contribution in [-0.2, 0) is 14.3 Å². The fourth-order valence-electron chi connectivity index (χ4n) is 1.12. The molecule has 0 spiro atoms. The molecular weight excluding hydrogens is 182 g/mol. The van der Waals surface area contributed by atoms with Gasteiger partial charge in [0, 0.05) is 6.54 Å². The van der Waals surface area contributed by atoms with Crippen LogP contribution in [0.2, 0.25) is 0 Å². The van der Waals surface area contributed by atoms with E-state index in [9.17, 15) is 4.79 Å². The molecule has 0 radical (unpaired) electrons. The monoisotopic (exact) mass is 195 g/mol. The number of methoxy groups -OCH3 is 1. The van der Waals surface area contributed by atoms with Crippen molar-refractivity contribution in [2.24, 2.45) is 0 Å². The Bertz CT molecular complexity index is 154. The van der Waals surface area contributed by atoms with Gasteiger partial charge in [-0.05, 0) is 6.92 Å². The van der Waals surface area contributed by atoms with E-state index in [0.29, 0.717) is 13.2 Å². The first-order valence-electron chi connectivity index (χ1n) is 3.68. The molecule has 1 rings (SSSR count). The van der Waals surface area contributed by atoms with Crippen LogP contribution in [0.5, 0.6) is 0 Å². The van der Waals surface area contributed by atoms with Crippen molar-refractivity contribution in [3.05, 3.63) is 0 Å². The van der Waals surface area contributed by atoms with E-state index in [0.717, 1.165) is 0 Å². The smallest absolute Gasteiger partial charge is 0.325 e. The fraction of sp³-hybridized carbons (Fsp3) is 0.857. The van der Waals surface area contributed by atoms with Gasteiger partial charge in [0.1, 0.15) is 6.04 Å². The molecule has 0 saturated carbocycles. The van der Waals surface area contributed by atoms with Gasteiger partial charge in [0.25, 0.3) is 0 Å². The van der Waals surface area contributed by atoms with Crippen molar-refractivity contribution >= 4 is 18.4 Å². The molecule has 0 amide bonds. The molecule has 0 aromatic carbocycles. The standard InChI is InChI=1S/C7H13NO3.ClH/c1-5-6(7(9)10-2)8-3-4-11-5;/h5-6,8H,3-4H2,1-2H3;1H/t5-,6+;/m1./s1. The predicted molar refractivity (Wildman–Crippen MR) is 46.5 cm³/mol. The average Bonchev–Trinajstić information content (AvgIpc) is 2.04. The van der Waals surface area contributed by atoms with E-state index in [-0.39, 0.29) is 30.5 Å². The predicted octanol–water partition coefficient (Wildman–Crippen LogP) is -0.0419. The minimum absolute atomic E-state index is 0. The molecule has 72 valence electrons. The molecular formula is C7H14ClNO3. The Hall–Kier alpha value is -0.320. The first-order chi connectivity index (χ1) is 5.25. The van der Waals surface area contributed by atoms with Gasteiger partial charge in [-0.25, -0.2) is 0 Å². The van der Waals surface area contributed by atoms with Crippen LogP contribution in [0.1, 0.15) is 6.92 Å². The molecule has 2 atom stereocenters. The van der Waals surface area contributed by atoms with Crippen LogP contribution in [0.15, 0.2) is 0 Å². The number of nitrogens with one attached hydrogen (secondary N) is 1. The Morgan fingerprint density at radius 1 is 1.67 bits per heavy atom. The molecule has 4 nitrogen and oxygen atoms in total. The van der Waals surface area contributed by atoms with E-state index < -0.39 is 0 Å². The quantitative estimate of drug-likeness (QED) is 0.597. The number of morpholine rings is 1. The molecule has 0 unspecified atom stereocenters. The molecule has 1 heterocycles. The summed E-state index contributed by atoms with van der Waals surface area (Å²) < 4.78 is 9.83. The van der Waals surface area contributed by atoms with Gasteiger partial charge in [0.2, 0.25) is 0 Å². The van der Waals surface area contributed by atoms with Crippen molar-refractivity contribution in [3.8, 4) is 0 Å². The summed E-state index contributed by atoms with van der Waals surface area (Å²) in [6, 6.07) is -0.297. The Labute approximate surface area is 78.0 Å². The summed E-state index contributed by atoms with van der Waals surface area (Å²) in [6.45, 7) is 3.23. The van der Waals surface area contributed by atoms with Crippen LogP contribution in [-0.4, -0.2) is 38.4 Å². The number of rotatable bonds is 1. The third-order valence-corrected chi connectivity index (χ3v) is 1.77. The molecule has 1 aliphatic rings. The zero-order chi connectivity index (χ0) is 8.27. The molecule has 1 N–H and O–H groups in total. The second-order valence-electron chi connectivity index (χ2n) is 2.53. The van der Waals surface area contributed by atoms with Crippen LogP contribution in [0.3, 0.4) is 0 Å². The normalized spacial score (nSPS) is 28.8. The lowest BCUT2D eigenvalue weighted by Gasteiger charge is -2.27. The number of esters is 1. The summed E-state index contributed by atoms with van der Waals surface area (Å²) in [6.07, 6.45) is -0.0869. The molecule has 1 fully saturated rings. The number of hydrogen-bond donors (Lipinski definition) is 1. The fourth-order valence-corrected chi connectivity index (χ4v) is 1.12. The summed E-state index contributed by atoms with van der Waals surface area (Å²) in [5, 5.41) is 3.02. The topological polar surface area (TPSA) is 47.6 Å². The Balaban J connectivity index is 0.00000121.